The van der Waals surface area contributed by atoms with Crippen LogP contribution >= 0.6 is 0 Å². The van der Waals surface area contributed by atoms with E-state index in [-0.39, 0.29) is 17.6 Å². The predicted octanol–water partition coefficient (Wildman–Crippen LogP) is 2.73. The van der Waals surface area contributed by atoms with E-state index >= 15 is 0 Å². The van der Waals surface area contributed by atoms with Crippen molar-refractivity contribution in [1.82, 2.24) is 14.7 Å². The van der Waals surface area contributed by atoms with Crippen LogP contribution in [0.15, 0.2) is 36.4 Å². The highest BCUT2D eigenvalue weighted by Crippen LogP contribution is 2.36. The van der Waals surface area contributed by atoms with Crippen molar-refractivity contribution in [2.24, 2.45) is 0 Å². The molecule has 0 radical (unpaired) electrons. The summed E-state index contributed by atoms with van der Waals surface area (Å²) < 4.78 is 14.0. The summed E-state index contributed by atoms with van der Waals surface area (Å²) >= 11 is 0. The van der Waals surface area contributed by atoms with Gasteiger partial charge in [0, 0.05) is 25.2 Å². The number of carbonyl (C=O) groups is 1. The molecule has 0 bridgehead atoms. The van der Waals surface area contributed by atoms with Crippen molar-refractivity contribution in [3.63, 3.8) is 0 Å². The van der Waals surface area contributed by atoms with E-state index < -0.39 is 0 Å². The van der Waals surface area contributed by atoms with Gasteiger partial charge in [0.25, 0.3) is 0 Å². The van der Waals surface area contributed by atoms with Crippen LogP contribution in [0.1, 0.15) is 30.7 Å². The van der Waals surface area contributed by atoms with E-state index in [2.05, 4.69) is 5.10 Å². The lowest BCUT2D eigenvalue weighted by molar-refractivity contribution is -0.140. The fourth-order valence-electron chi connectivity index (χ4n) is 4.23. The van der Waals surface area contributed by atoms with Crippen molar-refractivity contribution in [3.05, 3.63) is 47.8 Å². The number of carbonyl (C=O) groups excluding carboxylic acids is 1. The van der Waals surface area contributed by atoms with Crippen molar-refractivity contribution in [2.75, 3.05) is 19.7 Å². The molecule has 144 valence electrons. The number of aryl methyl sites for hydroxylation is 2. The number of hydrogen-bond donors (Lipinski definition) is 0. The lowest BCUT2D eigenvalue weighted by atomic mass is 9.89. The van der Waals surface area contributed by atoms with Gasteiger partial charge in [-0.3, -0.25) is 9.48 Å². The quantitative estimate of drug-likeness (QED) is 0.832. The predicted molar refractivity (Wildman–Crippen MR) is 102 cm³/mol. The Hall–Kier alpha value is -2.34. The number of benzene rings is 1. The molecule has 2 aliphatic rings. The zero-order valence-electron chi connectivity index (χ0n) is 16.1. The first-order valence-electron chi connectivity index (χ1n) is 9.67. The van der Waals surface area contributed by atoms with Gasteiger partial charge in [0.1, 0.15) is 18.4 Å². The first kappa shape index (κ1) is 18.0. The minimum atomic E-state index is -0.275. The van der Waals surface area contributed by atoms with Gasteiger partial charge >= 0.3 is 0 Å². The lowest BCUT2D eigenvalue weighted by Crippen LogP contribution is -2.51. The molecule has 6 nitrogen and oxygen atoms in total. The summed E-state index contributed by atoms with van der Waals surface area (Å²) in [5, 5.41) is 4.41. The molecule has 0 unspecified atom stereocenters. The Bertz CT molecular complexity index is 804. The Balaban J connectivity index is 1.37. The maximum Gasteiger partial charge on any atom is 0.244 e. The summed E-state index contributed by atoms with van der Waals surface area (Å²) in [7, 11) is 0. The summed E-state index contributed by atoms with van der Waals surface area (Å²) in [6, 6.07) is 11.9. The Morgan fingerprint density at radius 1 is 1.33 bits per heavy atom. The van der Waals surface area contributed by atoms with Crippen LogP contribution in [0.2, 0.25) is 0 Å². The highest BCUT2D eigenvalue weighted by Gasteiger charge is 2.45. The topological polar surface area (TPSA) is 56.6 Å². The maximum absolute atomic E-state index is 12.8. The molecular formula is C21H27N3O3. The van der Waals surface area contributed by atoms with Gasteiger partial charge in [-0.1, -0.05) is 18.2 Å². The van der Waals surface area contributed by atoms with Crippen LogP contribution < -0.4 is 4.74 Å². The molecule has 2 atom stereocenters. The van der Waals surface area contributed by atoms with Crippen molar-refractivity contribution in [1.29, 1.82) is 0 Å². The minimum Gasteiger partial charge on any atom is -0.488 e. The number of piperidine rings is 1. The molecule has 1 aromatic heterocycles. The fraction of sp³-hybridized carbons (Fsp3) is 0.524. The third-order valence-electron chi connectivity index (χ3n) is 5.50. The second kappa shape index (κ2) is 7.35. The van der Waals surface area contributed by atoms with Gasteiger partial charge in [-0.15, -0.1) is 0 Å². The molecule has 2 aliphatic heterocycles. The Morgan fingerprint density at radius 2 is 2.15 bits per heavy atom. The average molecular weight is 369 g/mol. The summed E-state index contributed by atoms with van der Waals surface area (Å²) in [5.74, 6) is 0.979. The van der Waals surface area contributed by atoms with Crippen molar-refractivity contribution >= 4 is 5.91 Å². The van der Waals surface area contributed by atoms with E-state index in [1.165, 1.54) is 0 Å². The van der Waals surface area contributed by atoms with Gasteiger partial charge in [-0.25, -0.2) is 0 Å². The molecule has 2 saturated heterocycles. The molecule has 27 heavy (non-hydrogen) atoms. The molecule has 3 heterocycles. The SMILES string of the molecule is Cc1cc(C)n(CC(=O)N2CCC[C@@]3(C[C@@H](Oc4ccccc4)CO3)C2)n1. The Morgan fingerprint density at radius 3 is 2.89 bits per heavy atom. The second-order valence-corrected chi connectivity index (χ2v) is 7.75. The van der Waals surface area contributed by atoms with E-state index in [9.17, 15) is 4.79 Å². The highest BCUT2D eigenvalue weighted by molar-refractivity contribution is 5.76. The van der Waals surface area contributed by atoms with Crippen LogP contribution in [0.5, 0.6) is 5.75 Å². The number of hydrogen-bond acceptors (Lipinski definition) is 4. The molecular weight excluding hydrogens is 342 g/mol. The number of likely N-dealkylation sites (tertiary alicyclic amines) is 1. The fourth-order valence-corrected chi connectivity index (χ4v) is 4.23. The Kier molecular flexibility index (Phi) is 4.91. The van der Waals surface area contributed by atoms with Crippen LogP contribution in [0, 0.1) is 13.8 Å². The smallest absolute Gasteiger partial charge is 0.244 e. The summed E-state index contributed by atoms with van der Waals surface area (Å²) in [5.41, 5.74) is 1.68. The third kappa shape index (κ3) is 4.00. The van der Waals surface area contributed by atoms with Gasteiger partial charge in [-0.2, -0.15) is 5.10 Å². The standard InChI is InChI=1S/C21H27N3O3/c1-16-11-17(2)24(22-16)13-20(25)23-10-6-9-21(15-23)12-19(14-26-21)27-18-7-4-3-5-8-18/h3-5,7-8,11,19H,6,9-10,12-15H2,1-2H3/t19-,21-/m1/s1. The van der Waals surface area contributed by atoms with E-state index in [1.807, 2.05) is 55.1 Å². The molecule has 2 fully saturated rings. The van der Waals surface area contributed by atoms with Crippen molar-refractivity contribution in [3.8, 4) is 5.75 Å². The molecule has 0 aliphatic carbocycles. The van der Waals surface area contributed by atoms with Gasteiger partial charge in [0.2, 0.25) is 5.91 Å². The molecule has 1 spiro atoms. The number of rotatable bonds is 4. The van der Waals surface area contributed by atoms with Crippen LogP contribution in [0.3, 0.4) is 0 Å². The van der Waals surface area contributed by atoms with Crippen LogP contribution in [-0.2, 0) is 16.1 Å². The van der Waals surface area contributed by atoms with Crippen molar-refractivity contribution < 1.29 is 14.3 Å². The average Bonchev–Trinajstić information content (AvgIpc) is 3.18. The monoisotopic (exact) mass is 369 g/mol. The number of nitrogens with zero attached hydrogens (tertiary/aromatic N) is 3. The van der Waals surface area contributed by atoms with Crippen molar-refractivity contribution in [2.45, 2.75) is 51.4 Å². The maximum atomic E-state index is 12.8. The van der Waals surface area contributed by atoms with E-state index in [4.69, 9.17) is 9.47 Å². The van der Waals surface area contributed by atoms with E-state index in [1.54, 1.807) is 4.68 Å². The number of aromatic nitrogens is 2. The van der Waals surface area contributed by atoms with E-state index in [0.29, 0.717) is 19.7 Å². The molecule has 2 aromatic rings. The molecule has 0 N–H and O–H groups in total. The van der Waals surface area contributed by atoms with Gasteiger partial charge < -0.3 is 14.4 Å². The first-order valence-corrected chi connectivity index (χ1v) is 9.67. The second-order valence-electron chi connectivity index (χ2n) is 7.75. The Labute approximate surface area is 160 Å². The summed E-state index contributed by atoms with van der Waals surface area (Å²) in [6.45, 7) is 6.22. The van der Waals surface area contributed by atoms with E-state index in [0.717, 1.165) is 42.9 Å². The lowest BCUT2D eigenvalue weighted by Gasteiger charge is -2.39. The van der Waals surface area contributed by atoms with Crippen LogP contribution in [0.25, 0.3) is 0 Å². The zero-order chi connectivity index (χ0) is 18.9. The van der Waals surface area contributed by atoms with Crippen LogP contribution in [0.4, 0.5) is 0 Å². The summed E-state index contributed by atoms with van der Waals surface area (Å²) in [6.07, 6.45) is 2.80. The van der Waals surface area contributed by atoms with Crippen LogP contribution in [-0.4, -0.2) is 52.0 Å². The highest BCUT2D eigenvalue weighted by atomic mass is 16.6. The zero-order valence-corrected chi connectivity index (χ0v) is 16.1. The number of para-hydroxylation sites is 1. The number of ether oxygens (including phenoxy) is 2. The van der Waals surface area contributed by atoms with Gasteiger partial charge in [-0.05, 0) is 44.9 Å². The molecule has 0 saturated carbocycles. The minimum absolute atomic E-state index is 0.0402. The molecule has 6 heteroatoms. The normalized spacial score (nSPS) is 25.1. The molecule has 1 aromatic carbocycles. The van der Waals surface area contributed by atoms with Gasteiger partial charge in [0.05, 0.1) is 17.9 Å². The first-order chi connectivity index (χ1) is 13.0. The third-order valence-corrected chi connectivity index (χ3v) is 5.50. The largest absolute Gasteiger partial charge is 0.488 e. The molecule has 1 amide bonds. The number of amides is 1. The van der Waals surface area contributed by atoms with Gasteiger partial charge in [0.15, 0.2) is 0 Å². The summed E-state index contributed by atoms with van der Waals surface area (Å²) in [4.78, 5) is 14.8. The molecule has 4 rings (SSSR count).